The maximum absolute atomic E-state index is 13.0. The van der Waals surface area contributed by atoms with E-state index in [1.807, 2.05) is 0 Å². The molecule has 6 nitrogen and oxygen atoms in total. The highest BCUT2D eigenvalue weighted by Gasteiger charge is 2.16. The topological polar surface area (TPSA) is 67.9 Å². The van der Waals surface area contributed by atoms with Gasteiger partial charge in [-0.05, 0) is 29.8 Å². The first-order valence-corrected chi connectivity index (χ1v) is 8.21. The zero-order chi connectivity index (χ0) is 18.5. The SMILES string of the molecule is CC(=O)N(CC(=O)Nc1ccc2c(c1)OCCO2)Cc1ccc(F)cc1. The minimum atomic E-state index is -0.348. The number of carbonyl (C=O) groups is 2. The number of hydrogen-bond acceptors (Lipinski definition) is 4. The number of halogens is 1. The van der Waals surface area contributed by atoms with Gasteiger partial charge in [-0.2, -0.15) is 0 Å². The molecule has 2 amide bonds. The van der Waals surface area contributed by atoms with Crippen molar-refractivity contribution in [3.05, 3.63) is 53.8 Å². The molecule has 0 spiro atoms. The Balaban J connectivity index is 1.62. The molecule has 1 aliphatic rings. The Morgan fingerprint density at radius 1 is 1.08 bits per heavy atom. The van der Waals surface area contributed by atoms with Crippen LogP contribution >= 0.6 is 0 Å². The molecule has 2 aromatic carbocycles. The molecule has 0 fully saturated rings. The monoisotopic (exact) mass is 358 g/mol. The lowest BCUT2D eigenvalue weighted by atomic mass is 10.2. The normalized spacial score (nSPS) is 12.4. The van der Waals surface area contributed by atoms with E-state index in [-0.39, 0.29) is 30.7 Å². The fourth-order valence-electron chi connectivity index (χ4n) is 2.58. The number of ether oxygens (including phenoxy) is 2. The third kappa shape index (κ3) is 4.50. The molecule has 1 N–H and O–H groups in total. The van der Waals surface area contributed by atoms with Crippen LogP contribution in [0.3, 0.4) is 0 Å². The van der Waals surface area contributed by atoms with Gasteiger partial charge in [0.05, 0.1) is 0 Å². The number of benzene rings is 2. The summed E-state index contributed by atoms with van der Waals surface area (Å²) in [5.41, 5.74) is 1.30. The van der Waals surface area contributed by atoms with Crippen molar-refractivity contribution in [3.63, 3.8) is 0 Å². The van der Waals surface area contributed by atoms with Crippen LogP contribution in [0.25, 0.3) is 0 Å². The summed E-state index contributed by atoms with van der Waals surface area (Å²) in [4.78, 5) is 25.5. The highest BCUT2D eigenvalue weighted by atomic mass is 19.1. The van der Waals surface area contributed by atoms with Crippen molar-refractivity contribution in [2.45, 2.75) is 13.5 Å². The Kier molecular flexibility index (Phi) is 5.36. The molecule has 0 saturated carbocycles. The van der Waals surface area contributed by atoms with Gasteiger partial charge in [0.25, 0.3) is 0 Å². The van der Waals surface area contributed by atoms with Gasteiger partial charge < -0.3 is 19.7 Å². The average molecular weight is 358 g/mol. The maximum atomic E-state index is 13.0. The van der Waals surface area contributed by atoms with E-state index in [4.69, 9.17) is 9.47 Å². The molecule has 0 radical (unpaired) electrons. The molecule has 7 heteroatoms. The number of amides is 2. The number of anilines is 1. The smallest absolute Gasteiger partial charge is 0.244 e. The largest absolute Gasteiger partial charge is 0.486 e. The molecule has 0 aliphatic carbocycles. The van der Waals surface area contributed by atoms with E-state index in [2.05, 4.69) is 5.32 Å². The summed E-state index contributed by atoms with van der Waals surface area (Å²) < 4.78 is 23.9. The minimum absolute atomic E-state index is 0.110. The second-order valence-corrected chi connectivity index (χ2v) is 5.91. The van der Waals surface area contributed by atoms with Gasteiger partial charge in [0.2, 0.25) is 11.8 Å². The zero-order valence-corrected chi connectivity index (χ0v) is 14.3. The van der Waals surface area contributed by atoms with E-state index in [1.54, 1.807) is 30.3 Å². The number of carbonyl (C=O) groups excluding carboxylic acids is 2. The van der Waals surface area contributed by atoms with Crippen molar-refractivity contribution in [1.82, 2.24) is 4.90 Å². The maximum Gasteiger partial charge on any atom is 0.244 e. The molecule has 26 heavy (non-hydrogen) atoms. The van der Waals surface area contributed by atoms with Crippen LogP contribution in [0, 0.1) is 5.82 Å². The number of nitrogens with one attached hydrogen (secondary N) is 1. The van der Waals surface area contributed by atoms with Crippen molar-refractivity contribution in [2.75, 3.05) is 25.1 Å². The van der Waals surface area contributed by atoms with Crippen LogP contribution in [0.5, 0.6) is 11.5 Å². The van der Waals surface area contributed by atoms with Gasteiger partial charge in [0.1, 0.15) is 25.6 Å². The molecule has 3 rings (SSSR count). The highest BCUT2D eigenvalue weighted by Crippen LogP contribution is 2.32. The Bertz CT molecular complexity index is 808. The van der Waals surface area contributed by atoms with Crippen molar-refractivity contribution < 1.29 is 23.5 Å². The third-order valence-electron chi connectivity index (χ3n) is 3.89. The molecule has 1 heterocycles. The molecule has 2 aromatic rings. The van der Waals surface area contributed by atoms with Crippen LogP contribution in [0.15, 0.2) is 42.5 Å². The van der Waals surface area contributed by atoms with Gasteiger partial charge >= 0.3 is 0 Å². The van der Waals surface area contributed by atoms with Crippen LogP contribution in [0.4, 0.5) is 10.1 Å². The second-order valence-electron chi connectivity index (χ2n) is 5.91. The van der Waals surface area contributed by atoms with Gasteiger partial charge in [-0.3, -0.25) is 9.59 Å². The van der Waals surface area contributed by atoms with Crippen LogP contribution in [-0.2, 0) is 16.1 Å². The predicted molar refractivity (Wildman–Crippen MR) is 93.6 cm³/mol. The standard InChI is InChI=1S/C19H19FN2O4/c1-13(23)22(11-14-2-4-15(20)5-3-14)12-19(24)21-16-6-7-17-18(10-16)26-9-8-25-17/h2-7,10H,8-9,11-12H2,1H3,(H,21,24). The molecular weight excluding hydrogens is 339 g/mol. The summed E-state index contributed by atoms with van der Waals surface area (Å²) in [6.45, 7) is 2.46. The summed E-state index contributed by atoms with van der Waals surface area (Å²) >= 11 is 0. The number of nitrogens with zero attached hydrogens (tertiary/aromatic N) is 1. The van der Waals surface area contributed by atoms with Gasteiger partial charge in [-0.15, -0.1) is 0 Å². The van der Waals surface area contributed by atoms with Gasteiger partial charge in [0.15, 0.2) is 11.5 Å². The summed E-state index contributed by atoms with van der Waals surface area (Å²) in [5, 5.41) is 2.74. The third-order valence-corrected chi connectivity index (χ3v) is 3.89. The van der Waals surface area contributed by atoms with Crippen LogP contribution in [0.2, 0.25) is 0 Å². The van der Waals surface area contributed by atoms with Crippen molar-refractivity contribution >= 4 is 17.5 Å². The van der Waals surface area contributed by atoms with Crippen LogP contribution in [0.1, 0.15) is 12.5 Å². The summed E-state index contributed by atoms with van der Waals surface area (Å²) in [7, 11) is 0. The van der Waals surface area contributed by atoms with E-state index >= 15 is 0 Å². The Labute approximate surface area is 150 Å². The quantitative estimate of drug-likeness (QED) is 0.892. The summed E-state index contributed by atoms with van der Waals surface area (Å²) in [6.07, 6.45) is 0. The van der Waals surface area contributed by atoms with Gasteiger partial charge in [-0.1, -0.05) is 12.1 Å². The molecule has 0 aromatic heterocycles. The lowest BCUT2D eigenvalue weighted by molar-refractivity contribution is -0.133. The van der Waals surface area contributed by atoms with E-state index < -0.39 is 0 Å². The lowest BCUT2D eigenvalue weighted by Crippen LogP contribution is -2.36. The Morgan fingerprint density at radius 3 is 2.46 bits per heavy atom. The summed E-state index contributed by atoms with van der Waals surface area (Å²) in [5.74, 6) is 0.282. The predicted octanol–water partition coefficient (Wildman–Crippen LogP) is 2.58. The number of fused-ring (bicyclic) bond motifs is 1. The second kappa shape index (κ2) is 7.86. The summed E-state index contributed by atoms with van der Waals surface area (Å²) in [6, 6.07) is 10.9. The molecule has 0 atom stereocenters. The van der Waals surface area contributed by atoms with Gasteiger partial charge in [-0.25, -0.2) is 4.39 Å². The van der Waals surface area contributed by atoms with Crippen molar-refractivity contribution in [2.24, 2.45) is 0 Å². The fourth-order valence-corrected chi connectivity index (χ4v) is 2.58. The zero-order valence-electron chi connectivity index (χ0n) is 14.3. The molecular formula is C19H19FN2O4. The Hall–Kier alpha value is -3.09. The lowest BCUT2D eigenvalue weighted by Gasteiger charge is -2.21. The molecule has 0 saturated heterocycles. The first-order valence-electron chi connectivity index (χ1n) is 8.21. The number of rotatable bonds is 5. The number of hydrogen-bond donors (Lipinski definition) is 1. The molecule has 0 unspecified atom stereocenters. The molecule has 0 bridgehead atoms. The van der Waals surface area contributed by atoms with Crippen molar-refractivity contribution in [3.8, 4) is 11.5 Å². The molecule has 1 aliphatic heterocycles. The fraction of sp³-hybridized carbons (Fsp3) is 0.263. The van der Waals surface area contributed by atoms with Gasteiger partial charge in [0, 0.05) is 25.2 Å². The van der Waals surface area contributed by atoms with E-state index in [0.717, 1.165) is 5.56 Å². The Morgan fingerprint density at radius 2 is 1.77 bits per heavy atom. The van der Waals surface area contributed by atoms with E-state index in [0.29, 0.717) is 30.4 Å². The molecule has 136 valence electrons. The first-order chi connectivity index (χ1) is 12.5. The average Bonchev–Trinajstić information content (AvgIpc) is 2.62. The van der Waals surface area contributed by atoms with E-state index in [1.165, 1.54) is 24.0 Å². The van der Waals surface area contributed by atoms with E-state index in [9.17, 15) is 14.0 Å². The highest BCUT2D eigenvalue weighted by molar-refractivity contribution is 5.94. The minimum Gasteiger partial charge on any atom is -0.486 e. The van der Waals surface area contributed by atoms with Crippen LogP contribution in [-0.4, -0.2) is 36.5 Å². The van der Waals surface area contributed by atoms with Crippen LogP contribution < -0.4 is 14.8 Å². The first kappa shape index (κ1) is 17.7. The van der Waals surface area contributed by atoms with Crippen molar-refractivity contribution in [1.29, 1.82) is 0 Å².